The zero-order valence-corrected chi connectivity index (χ0v) is 12.4. The van der Waals surface area contributed by atoms with Crippen molar-refractivity contribution >= 4 is 9.90 Å². The van der Waals surface area contributed by atoms with Crippen LogP contribution in [-0.2, 0) is 5.79 Å². The van der Waals surface area contributed by atoms with E-state index in [0.717, 1.165) is 0 Å². The van der Waals surface area contributed by atoms with Crippen LogP contribution in [-0.4, -0.2) is 15.3 Å². The van der Waals surface area contributed by atoms with E-state index in [0.29, 0.717) is 17.7 Å². The minimum absolute atomic E-state index is 0. The van der Waals surface area contributed by atoms with E-state index >= 15 is 0 Å². The summed E-state index contributed by atoms with van der Waals surface area (Å²) in [6.07, 6.45) is 0.303. The first kappa shape index (κ1) is 17.6. The minimum Gasteiger partial charge on any atom is -0.508 e. The number of aliphatic hydroxyl groups is 2. The van der Waals surface area contributed by atoms with E-state index in [4.69, 9.17) is 5.11 Å². The Hall–Kier alpha value is -1.41. The maximum atomic E-state index is 9.35. The molecule has 3 nitrogen and oxygen atoms in total. The third kappa shape index (κ3) is 6.35. The van der Waals surface area contributed by atoms with E-state index in [1.54, 1.807) is 55.5 Å². The molecule has 0 aromatic heterocycles. The molecule has 1 atom stereocenters. The number of benzene rings is 2. The highest BCUT2D eigenvalue weighted by atomic mass is 31.0. The van der Waals surface area contributed by atoms with E-state index in [1.165, 1.54) is 0 Å². The van der Waals surface area contributed by atoms with Crippen molar-refractivity contribution in [2.45, 2.75) is 19.1 Å². The Morgan fingerprint density at radius 3 is 1.58 bits per heavy atom. The number of phenols is 1. The third-order valence-electron chi connectivity index (χ3n) is 2.49. The highest BCUT2D eigenvalue weighted by Crippen LogP contribution is 2.20. The van der Waals surface area contributed by atoms with Crippen molar-refractivity contribution in [1.29, 1.82) is 0 Å². The summed E-state index contributed by atoms with van der Waals surface area (Å²) in [7, 11) is 0. The van der Waals surface area contributed by atoms with Crippen LogP contribution in [0.4, 0.5) is 0 Å². The summed E-state index contributed by atoms with van der Waals surface area (Å²) < 4.78 is 0. The van der Waals surface area contributed by atoms with E-state index in [9.17, 15) is 10.2 Å². The summed E-state index contributed by atoms with van der Waals surface area (Å²) in [5, 5.41) is 27.3. The molecular formula is C15H21O3P. The van der Waals surface area contributed by atoms with Crippen molar-refractivity contribution in [3.8, 4) is 5.75 Å². The Kier molecular flexibility index (Phi) is 8.01. The first-order valence-electron chi connectivity index (χ1n) is 5.80. The molecule has 0 bridgehead atoms. The van der Waals surface area contributed by atoms with Crippen molar-refractivity contribution in [1.82, 2.24) is 0 Å². The molecule has 1 unspecified atom stereocenters. The van der Waals surface area contributed by atoms with Gasteiger partial charge in [-0.2, -0.15) is 9.90 Å². The molecule has 0 saturated carbocycles. The lowest BCUT2D eigenvalue weighted by molar-refractivity contribution is -0.171. The smallest absolute Gasteiger partial charge is 0.189 e. The van der Waals surface area contributed by atoms with Crippen LogP contribution in [0, 0.1) is 0 Å². The van der Waals surface area contributed by atoms with Crippen LogP contribution in [0.1, 0.15) is 18.9 Å². The standard InChI is InChI=1S/C9H12O2.C6H6O.H3P/c1-2-9(10,11)8-6-4-3-5-7-8;7-6-4-2-1-3-5-6;/h3-7,10-11H,2H2,1H3;1-5,7H;1H3. The lowest BCUT2D eigenvalue weighted by Gasteiger charge is -2.19. The second-order valence-electron chi connectivity index (χ2n) is 3.87. The molecule has 2 rings (SSSR count). The molecule has 0 aliphatic heterocycles. The maximum absolute atomic E-state index is 9.35. The molecule has 2 aromatic rings. The fourth-order valence-corrected chi connectivity index (χ4v) is 1.34. The van der Waals surface area contributed by atoms with Gasteiger partial charge in [-0.05, 0) is 12.1 Å². The van der Waals surface area contributed by atoms with Crippen LogP contribution in [0.2, 0.25) is 0 Å². The molecule has 0 heterocycles. The van der Waals surface area contributed by atoms with Crippen LogP contribution < -0.4 is 0 Å². The molecule has 0 fully saturated rings. The first-order chi connectivity index (χ1) is 8.56. The van der Waals surface area contributed by atoms with Crippen LogP contribution in [0.15, 0.2) is 60.7 Å². The molecule has 0 aliphatic rings. The van der Waals surface area contributed by atoms with Gasteiger partial charge in [0.2, 0.25) is 0 Å². The summed E-state index contributed by atoms with van der Waals surface area (Å²) in [5.74, 6) is -1.34. The quantitative estimate of drug-likeness (QED) is 0.585. The number of hydrogen-bond acceptors (Lipinski definition) is 3. The molecule has 4 heteroatoms. The van der Waals surface area contributed by atoms with Gasteiger partial charge < -0.3 is 15.3 Å². The van der Waals surface area contributed by atoms with E-state index in [1.807, 2.05) is 12.1 Å². The fraction of sp³-hybridized carbons (Fsp3) is 0.200. The molecule has 0 aliphatic carbocycles. The van der Waals surface area contributed by atoms with Crippen molar-refractivity contribution in [3.05, 3.63) is 66.2 Å². The number of para-hydroxylation sites is 1. The van der Waals surface area contributed by atoms with Crippen LogP contribution >= 0.6 is 9.90 Å². The van der Waals surface area contributed by atoms with E-state index in [-0.39, 0.29) is 9.90 Å². The third-order valence-corrected chi connectivity index (χ3v) is 2.49. The van der Waals surface area contributed by atoms with Gasteiger partial charge in [0, 0.05) is 12.0 Å². The summed E-state index contributed by atoms with van der Waals surface area (Å²) >= 11 is 0. The maximum Gasteiger partial charge on any atom is 0.189 e. The Labute approximate surface area is 117 Å². The molecule has 0 spiro atoms. The summed E-state index contributed by atoms with van der Waals surface area (Å²) in [4.78, 5) is 0. The van der Waals surface area contributed by atoms with Crippen molar-refractivity contribution in [3.63, 3.8) is 0 Å². The zero-order valence-electron chi connectivity index (χ0n) is 11.0. The van der Waals surface area contributed by atoms with Gasteiger partial charge >= 0.3 is 0 Å². The monoisotopic (exact) mass is 280 g/mol. The van der Waals surface area contributed by atoms with Gasteiger partial charge in [0.15, 0.2) is 5.79 Å². The molecule has 104 valence electrons. The molecule has 19 heavy (non-hydrogen) atoms. The van der Waals surface area contributed by atoms with E-state index in [2.05, 4.69) is 0 Å². The second kappa shape index (κ2) is 8.65. The second-order valence-corrected chi connectivity index (χ2v) is 3.87. The van der Waals surface area contributed by atoms with Crippen LogP contribution in [0.25, 0.3) is 0 Å². The molecule has 0 radical (unpaired) electrons. The summed E-state index contributed by atoms with van der Waals surface area (Å²) in [6.45, 7) is 1.73. The van der Waals surface area contributed by atoms with Crippen LogP contribution in [0.5, 0.6) is 5.75 Å². The van der Waals surface area contributed by atoms with Crippen molar-refractivity contribution < 1.29 is 15.3 Å². The molecular weight excluding hydrogens is 259 g/mol. The van der Waals surface area contributed by atoms with Gasteiger partial charge in [0.1, 0.15) is 5.75 Å². The Morgan fingerprint density at radius 1 is 0.842 bits per heavy atom. The molecule has 3 N–H and O–H groups in total. The predicted molar refractivity (Wildman–Crippen MR) is 82.1 cm³/mol. The molecule has 0 saturated heterocycles. The minimum atomic E-state index is -1.67. The molecule has 0 amide bonds. The summed E-state index contributed by atoms with van der Waals surface area (Å²) in [6, 6.07) is 17.5. The van der Waals surface area contributed by atoms with E-state index < -0.39 is 5.79 Å². The molecule has 2 aromatic carbocycles. The fourth-order valence-electron chi connectivity index (χ4n) is 1.34. The highest BCUT2D eigenvalue weighted by Gasteiger charge is 2.21. The Balaban J connectivity index is 0.000000352. The average Bonchev–Trinajstić information content (AvgIpc) is 2.41. The lowest BCUT2D eigenvalue weighted by atomic mass is 10.0. The Morgan fingerprint density at radius 2 is 1.26 bits per heavy atom. The number of aromatic hydroxyl groups is 1. The van der Waals surface area contributed by atoms with Gasteiger partial charge in [-0.15, -0.1) is 0 Å². The average molecular weight is 280 g/mol. The van der Waals surface area contributed by atoms with Crippen LogP contribution in [0.3, 0.4) is 0 Å². The first-order valence-corrected chi connectivity index (χ1v) is 5.80. The normalized spacial score (nSPS) is 9.84. The van der Waals surface area contributed by atoms with Gasteiger partial charge in [-0.1, -0.05) is 55.5 Å². The lowest BCUT2D eigenvalue weighted by Crippen LogP contribution is -2.23. The van der Waals surface area contributed by atoms with Crippen molar-refractivity contribution in [2.24, 2.45) is 0 Å². The topological polar surface area (TPSA) is 60.7 Å². The summed E-state index contributed by atoms with van der Waals surface area (Å²) in [5.41, 5.74) is 0.544. The predicted octanol–water partition coefficient (Wildman–Crippen LogP) is 2.68. The van der Waals surface area contributed by atoms with Gasteiger partial charge in [0.05, 0.1) is 0 Å². The number of phenolic OH excluding ortho intramolecular Hbond substituents is 1. The largest absolute Gasteiger partial charge is 0.508 e. The van der Waals surface area contributed by atoms with Crippen molar-refractivity contribution in [2.75, 3.05) is 0 Å². The SMILES string of the molecule is CCC(O)(O)c1ccccc1.Oc1ccccc1.P. The van der Waals surface area contributed by atoms with Gasteiger partial charge in [-0.25, -0.2) is 0 Å². The highest BCUT2D eigenvalue weighted by molar-refractivity contribution is 6.92. The number of hydrogen-bond donors (Lipinski definition) is 3. The number of rotatable bonds is 2. The van der Waals surface area contributed by atoms with Gasteiger partial charge in [0.25, 0.3) is 0 Å². The van der Waals surface area contributed by atoms with Gasteiger partial charge in [-0.3, -0.25) is 0 Å². The zero-order chi connectivity index (χ0) is 13.4. The Bertz CT molecular complexity index is 443.